The summed E-state index contributed by atoms with van der Waals surface area (Å²) < 4.78 is 3.37. The van der Waals surface area contributed by atoms with Gasteiger partial charge in [-0.3, -0.25) is 19.1 Å². The highest BCUT2D eigenvalue weighted by Crippen LogP contribution is 2.24. The molecule has 10 nitrogen and oxygen atoms in total. The fourth-order valence-corrected chi connectivity index (χ4v) is 5.07. The van der Waals surface area contributed by atoms with Gasteiger partial charge in [0.2, 0.25) is 5.91 Å². The molecule has 1 amide bonds. The molecule has 0 fully saturated rings. The summed E-state index contributed by atoms with van der Waals surface area (Å²) in [6.45, 7) is 5.21. The number of fused-ring (bicyclic) bond motifs is 1. The third kappa shape index (κ3) is 5.67. The van der Waals surface area contributed by atoms with E-state index in [0.29, 0.717) is 5.16 Å². The lowest BCUT2D eigenvalue weighted by Gasteiger charge is -2.26. The van der Waals surface area contributed by atoms with Crippen LogP contribution in [-0.4, -0.2) is 42.5 Å². The van der Waals surface area contributed by atoms with Crippen LogP contribution in [0, 0.1) is 5.92 Å². The Bertz CT molecular complexity index is 1300. The minimum atomic E-state index is -0.674. The van der Waals surface area contributed by atoms with Gasteiger partial charge in [-0.05, 0) is 24.3 Å². The summed E-state index contributed by atoms with van der Waals surface area (Å²) in [5, 5.41) is 9.27. The number of thioether (sulfide) groups is 1. The Balaban J connectivity index is 1.62. The van der Waals surface area contributed by atoms with Gasteiger partial charge in [-0.15, -0.1) is 10.2 Å². The molecular formula is C24H31N7O3S. The zero-order valence-corrected chi connectivity index (χ0v) is 20.9. The van der Waals surface area contributed by atoms with Crippen molar-refractivity contribution < 1.29 is 4.79 Å². The number of hydrogen-bond acceptors (Lipinski definition) is 7. The molecule has 0 saturated carbocycles. The number of benzene rings is 1. The second-order valence-electron chi connectivity index (χ2n) is 9.11. The summed E-state index contributed by atoms with van der Waals surface area (Å²) in [5.41, 5.74) is 5.93. The molecule has 11 heteroatoms. The van der Waals surface area contributed by atoms with Crippen molar-refractivity contribution >= 4 is 29.2 Å². The Labute approximate surface area is 207 Å². The van der Waals surface area contributed by atoms with Crippen LogP contribution in [-0.2, 0) is 24.3 Å². The average Bonchev–Trinajstić information content (AvgIpc) is 3.05. The Morgan fingerprint density at radius 1 is 1.17 bits per heavy atom. The van der Waals surface area contributed by atoms with Gasteiger partial charge in [0.25, 0.3) is 5.56 Å². The van der Waals surface area contributed by atoms with Crippen molar-refractivity contribution in [3.63, 3.8) is 0 Å². The van der Waals surface area contributed by atoms with Crippen LogP contribution >= 0.6 is 11.8 Å². The molecule has 1 aliphatic heterocycles. The van der Waals surface area contributed by atoms with Gasteiger partial charge in [-0.2, -0.15) is 0 Å². The Morgan fingerprint density at radius 3 is 2.69 bits per heavy atom. The third-order valence-corrected chi connectivity index (χ3v) is 6.87. The van der Waals surface area contributed by atoms with Crippen LogP contribution in [0.15, 0.2) is 45.1 Å². The third-order valence-electron chi connectivity index (χ3n) is 5.92. The number of aryl methyl sites for hydroxylation is 1. The van der Waals surface area contributed by atoms with E-state index < -0.39 is 11.2 Å². The Morgan fingerprint density at radius 2 is 1.94 bits per heavy atom. The molecule has 3 aromatic rings. The van der Waals surface area contributed by atoms with E-state index >= 15 is 0 Å². The van der Waals surface area contributed by atoms with Gasteiger partial charge in [0.1, 0.15) is 11.6 Å². The summed E-state index contributed by atoms with van der Waals surface area (Å²) in [6.07, 6.45) is 4.18. The van der Waals surface area contributed by atoms with Gasteiger partial charge >= 0.3 is 5.69 Å². The minimum absolute atomic E-state index is 0.0000895. The van der Waals surface area contributed by atoms with Crippen LogP contribution in [0.1, 0.15) is 44.5 Å². The van der Waals surface area contributed by atoms with Crippen molar-refractivity contribution in [2.45, 2.75) is 57.8 Å². The van der Waals surface area contributed by atoms with Crippen LogP contribution in [0.25, 0.3) is 0 Å². The summed E-state index contributed by atoms with van der Waals surface area (Å²) in [6, 6.07) is 9.33. The van der Waals surface area contributed by atoms with Crippen LogP contribution in [0.2, 0.25) is 0 Å². The van der Waals surface area contributed by atoms with E-state index in [0.717, 1.165) is 43.6 Å². The minimum Gasteiger partial charge on any atom is -0.383 e. The molecule has 1 aliphatic rings. The number of aromatic nitrogens is 5. The monoisotopic (exact) mass is 497 g/mol. The van der Waals surface area contributed by atoms with Crippen molar-refractivity contribution in [2.24, 2.45) is 5.92 Å². The van der Waals surface area contributed by atoms with E-state index in [9.17, 15) is 14.4 Å². The fourth-order valence-electron chi connectivity index (χ4n) is 4.21. The van der Waals surface area contributed by atoms with E-state index in [1.165, 1.54) is 21.2 Å². The maximum Gasteiger partial charge on any atom is 0.330 e. The highest BCUT2D eigenvalue weighted by atomic mass is 32.2. The quantitative estimate of drug-likeness (QED) is 0.456. The zero-order valence-electron chi connectivity index (χ0n) is 20.1. The molecule has 3 N–H and O–H groups in total. The second-order valence-corrected chi connectivity index (χ2v) is 10.1. The van der Waals surface area contributed by atoms with Gasteiger partial charge in [-0.1, -0.05) is 62.4 Å². The molecule has 0 saturated heterocycles. The summed E-state index contributed by atoms with van der Waals surface area (Å²) in [5.74, 6) is 0.781. The molecule has 1 aromatic carbocycles. The number of anilines is 2. The first kappa shape index (κ1) is 24.8. The van der Waals surface area contributed by atoms with Crippen molar-refractivity contribution in [1.29, 1.82) is 0 Å². The number of hydrogen-bond donors (Lipinski definition) is 2. The van der Waals surface area contributed by atoms with Crippen molar-refractivity contribution in [3.8, 4) is 0 Å². The van der Waals surface area contributed by atoms with Crippen LogP contribution < -0.4 is 21.9 Å². The number of carbonyl (C=O) groups is 1. The molecule has 0 aliphatic carbocycles. The molecule has 0 bridgehead atoms. The summed E-state index contributed by atoms with van der Waals surface area (Å²) >= 11 is 1.31. The number of nitrogens with zero attached hydrogens (tertiary/aromatic N) is 5. The largest absolute Gasteiger partial charge is 0.383 e. The Kier molecular flexibility index (Phi) is 7.74. The van der Waals surface area contributed by atoms with Gasteiger partial charge in [-0.25, -0.2) is 4.79 Å². The highest BCUT2D eigenvalue weighted by molar-refractivity contribution is 7.99. The van der Waals surface area contributed by atoms with Gasteiger partial charge < -0.3 is 15.2 Å². The number of rotatable bonds is 8. The summed E-state index contributed by atoms with van der Waals surface area (Å²) in [7, 11) is 0. The van der Waals surface area contributed by atoms with Crippen molar-refractivity contribution in [1.82, 2.24) is 24.3 Å². The molecule has 0 radical (unpaired) electrons. The van der Waals surface area contributed by atoms with Gasteiger partial charge in [0, 0.05) is 19.5 Å². The number of carbonyl (C=O) groups excluding carboxylic acids is 1. The number of amides is 1. The zero-order chi connectivity index (χ0) is 24.9. The SMILES string of the molecule is CC(C)CN(C(=O)CSc1nnc2n1CCCCC2)c1c(N)n(Cc2ccccc2)c(=O)[nH]c1=O. The smallest absolute Gasteiger partial charge is 0.330 e. The first-order valence-corrected chi connectivity index (χ1v) is 12.9. The molecule has 2 aromatic heterocycles. The van der Waals surface area contributed by atoms with Crippen molar-refractivity contribution in [2.75, 3.05) is 22.9 Å². The molecular weight excluding hydrogens is 466 g/mol. The predicted octanol–water partition coefficient (Wildman–Crippen LogP) is 2.27. The lowest BCUT2D eigenvalue weighted by molar-refractivity contribution is -0.116. The van der Waals surface area contributed by atoms with Crippen LogP contribution in [0.3, 0.4) is 0 Å². The maximum atomic E-state index is 13.4. The number of aromatic amines is 1. The lowest BCUT2D eigenvalue weighted by Crippen LogP contribution is -2.43. The molecule has 4 rings (SSSR count). The predicted molar refractivity (Wildman–Crippen MR) is 137 cm³/mol. The van der Waals surface area contributed by atoms with Crippen LogP contribution in [0.4, 0.5) is 11.5 Å². The molecule has 0 atom stereocenters. The highest BCUT2D eigenvalue weighted by Gasteiger charge is 2.26. The van der Waals surface area contributed by atoms with Gasteiger partial charge in [0.05, 0.1) is 12.3 Å². The van der Waals surface area contributed by atoms with Gasteiger partial charge in [0.15, 0.2) is 10.8 Å². The molecule has 3 heterocycles. The second kappa shape index (κ2) is 10.9. The summed E-state index contributed by atoms with van der Waals surface area (Å²) in [4.78, 5) is 42.6. The number of nitrogens with two attached hydrogens (primary N) is 1. The van der Waals surface area contributed by atoms with E-state index in [1.54, 1.807) is 0 Å². The lowest BCUT2D eigenvalue weighted by atomic mass is 10.2. The fraction of sp³-hybridized carbons (Fsp3) is 0.458. The molecule has 35 heavy (non-hydrogen) atoms. The normalized spacial score (nSPS) is 13.5. The van der Waals surface area contributed by atoms with E-state index in [2.05, 4.69) is 19.7 Å². The average molecular weight is 498 g/mol. The first-order valence-electron chi connectivity index (χ1n) is 11.9. The maximum absolute atomic E-state index is 13.4. The van der Waals surface area contributed by atoms with Crippen molar-refractivity contribution in [3.05, 3.63) is 62.6 Å². The van der Waals surface area contributed by atoms with E-state index in [4.69, 9.17) is 5.73 Å². The molecule has 0 unspecified atom stereocenters. The molecule has 186 valence electrons. The van der Waals surface area contributed by atoms with E-state index in [-0.39, 0.29) is 42.2 Å². The standard InChI is InChI=1S/C24H31N7O3S/c1-16(2)13-30(19(32)15-35-24-28-27-18-11-7-4-8-12-29(18)24)20-21(25)31(23(34)26-22(20)33)14-17-9-5-3-6-10-17/h3,5-6,9-10,16H,4,7-8,11-15,25H2,1-2H3,(H,26,33,34). The molecule has 0 spiro atoms. The first-order chi connectivity index (χ1) is 16.8. The van der Waals surface area contributed by atoms with Crippen LogP contribution in [0.5, 0.6) is 0 Å². The number of nitrogens with one attached hydrogen (secondary N) is 1. The topological polar surface area (TPSA) is 132 Å². The Hall–Kier alpha value is -3.34. The van der Waals surface area contributed by atoms with E-state index in [1.807, 2.05) is 44.2 Å². The number of H-pyrrole nitrogens is 1. The number of nitrogen functional groups attached to an aromatic ring is 1.